The predicted molar refractivity (Wildman–Crippen MR) is 74.1 cm³/mol. The van der Waals surface area contributed by atoms with E-state index >= 15 is 0 Å². The largest absolute Gasteiger partial charge is 0.464 e. The van der Waals surface area contributed by atoms with E-state index in [9.17, 15) is 9.59 Å². The van der Waals surface area contributed by atoms with E-state index in [4.69, 9.17) is 14.7 Å². The van der Waals surface area contributed by atoms with Crippen molar-refractivity contribution in [2.75, 3.05) is 20.3 Å². The highest BCUT2D eigenvalue weighted by Crippen LogP contribution is 2.41. The van der Waals surface area contributed by atoms with Crippen molar-refractivity contribution in [3.05, 3.63) is 0 Å². The van der Waals surface area contributed by atoms with Gasteiger partial charge in [-0.25, -0.2) is 9.59 Å². The number of likely N-dealkylation sites (tertiary alicyclic amines) is 1. The Kier molecular flexibility index (Phi) is 5.05. The molecule has 2 rings (SSSR count). The summed E-state index contributed by atoms with van der Waals surface area (Å²) in [4.78, 5) is 25.5. The van der Waals surface area contributed by atoms with Crippen LogP contribution in [0.1, 0.15) is 32.6 Å². The first-order chi connectivity index (χ1) is 10.1. The maximum atomic E-state index is 12.1. The molecule has 21 heavy (non-hydrogen) atoms. The maximum Gasteiger partial charge on any atom is 0.410 e. The van der Waals surface area contributed by atoms with Crippen molar-refractivity contribution in [1.29, 1.82) is 5.26 Å². The molecule has 1 aliphatic heterocycles. The van der Waals surface area contributed by atoms with E-state index in [1.54, 1.807) is 6.92 Å². The maximum absolute atomic E-state index is 12.1. The summed E-state index contributed by atoms with van der Waals surface area (Å²) in [6.07, 6.45) is 2.69. The number of hydrogen-bond donors (Lipinski definition) is 0. The zero-order valence-corrected chi connectivity index (χ0v) is 12.6. The van der Waals surface area contributed by atoms with E-state index in [2.05, 4.69) is 6.07 Å². The van der Waals surface area contributed by atoms with Gasteiger partial charge in [-0.3, -0.25) is 4.90 Å². The number of hydrogen-bond acceptors (Lipinski definition) is 5. The van der Waals surface area contributed by atoms with E-state index in [1.807, 2.05) is 0 Å². The molecular formula is C15H22N2O4. The average Bonchev–Trinajstić information content (AvgIpc) is 2.52. The Hall–Kier alpha value is -1.77. The molecule has 0 N–H and O–H groups in total. The second-order valence-electron chi connectivity index (χ2n) is 5.79. The van der Waals surface area contributed by atoms with Crippen molar-refractivity contribution >= 4 is 12.1 Å². The van der Waals surface area contributed by atoms with Crippen molar-refractivity contribution in [3.8, 4) is 6.07 Å². The number of carbonyl (C=O) groups excluding carboxylic acids is 2. The number of amides is 1. The Morgan fingerprint density at radius 1 is 1.29 bits per heavy atom. The lowest BCUT2D eigenvalue weighted by Crippen LogP contribution is -2.55. The third-order valence-corrected chi connectivity index (χ3v) is 4.62. The molecule has 1 heterocycles. The molecule has 1 saturated carbocycles. The topological polar surface area (TPSA) is 79.6 Å². The number of fused-ring (bicyclic) bond motifs is 1. The molecule has 0 unspecified atom stereocenters. The zero-order chi connectivity index (χ0) is 15.4. The molecule has 116 valence electrons. The Morgan fingerprint density at radius 3 is 2.67 bits per heavy atom. The van der Waals surface area contributed by atoms with Crippen LogP contribution in [-0.4, -0.2) is 43.3 Å². The summed E-state index contributed by atoms with van der Waals surface area (Å²) < 4.78 is 9.88. The van der Waals surface area contributed by atoms with Crippen LogP contribution in [0.15, 0.2) is 0 Å². The van der Waals surface area contributed by atoms with E-state index in [0.29, 0.717) is 31.4 Å². The van der Waals surface area contributed by atoms with E-state index in [-0.39, 0.29) is 11.9 Å². The van der Waals surface area contributed by atoms with Crippen molar-refractivity contribution in [2.45, 2.75) is 38.6 Å². The minimum atomic E-state index is -0.587. The molecule has 0 aromatic heterocycles. The lowest BCUT2D eigenvalue weighted by Gasteiger charge is -2.45. The van der Waals surface area contributed by atoms with Gasteiger partial charge in [-0.05, 0) is 44.4 Å². The Labute approximate surface area is 125 Å². The number of carbonyl (C=O) groups is 2. The summed E-state index contributed by atoms with van der Waals surface area (Å²) in [6, 6.07) is 1.74. The third kappa shape index (κ3) is 3.29. The molecule has 1 aliphatic carbocycles. The second-order valence-corrected chi connectivity index (χ2v) is 5.79. The molecule has 0 spiro atoms. The fraction of sp³-hybridized carbons (Fsp3) is 0.800. The smallest absolute Gasteiger partial charge is 0.410 e. The summed E-state index contributed by atoms with van der Waals surface area (Å²) >= 11 is 0. The van der Waals surface area contributed by atoms with Crippen LogP contribution >= 0.6 is 0 Å². The molecule has 0 bridgehead atoms. The first kappa shape index (κ1) is 15.6. The van der Waals surface area contributed by atoms with Gasteiger partial charge in [0.1, 0.15) is 6.04 Å². The van der Waals surface area contributed by atoms with Gasteiger partial charge in [-0.2, -0.15) is 5.26 Å². The zero-order valence-electron chi connectivity index (χ0n) is 12.6. The first-order valence-electron chi connectivity index (χ1n) is 7.51. The molecule has 2 fully saturated rings. The Morgan fingerprint density at radius 2 is 2.05 bits per heavy atom. The Bertz CT molecular complexity index is 445. The van der Waals surface area contributed by atoms with Crippen molar-refractivity contribution in [2.24, 2.45) is 17.8 Å². The van der Waals surface area contributed by atoms with Gasteiger partial charge in [-0.1, -0.05) is 0 Å². The average molecular weight is 294 g/mol. The van der Waals surface area contributed by atoms with Gasteiger partial charge < -0.3 is 9.47 Å². The van der Waals surface area contributed by atoms with Gasteiger partial charge in [-0.15, -0.1) is 0 Å². The highest BCUT2D eigenvalue weighted by molar-refractivity contribution is 5.81. The number of rotatable bonds is 2. The summed E-state index contributed by atoms with van der Waals surface area (Å²) in [5.41, 5.74) is 0. The number of nitrogens with zero attached hydrogens (tertiary/aromatic N) is 2. The van der Waals surface area contributed by atoms with Crippen molar-refractivity contribution < 1.29 is 19.1 Å². The van der Waals surface area contributed by atoms with Crippen molar-refractivity contribution in [3.63, 3.8) is 0 Å². The van der Waals surface area contributed by atoms with Crippen LogP contribution < -0.4 is 0 Å². The van der Waals surface area contributed by atoms with Gasteiger partial charge >= 0.3 is 12.1 Å². The second kappa shape index (κ2) is 6.79. The third-order valence-electron chi connectivity index (χ3n) is 4.62. The molecule has 6 nitrogen and oxygen atoms in total. The van der Waals surface area contributed by atoms with Gasteiger partial charge in [0.25, 0.3) is 0 Å². The molecule has 0 aromatic rings. The summed E-state index contributed by atoms with van der Waals surface area (Å²) in [6.45, 7) is 2.55. The number of piperidine rings is 1. The molecule has 1 saturated heterocycles. The normalized spacial score (nSPS) is 31.8. The number of methoxy groups -OCH3 is 1. The number of esters is 1. The first-order valence-corrected chi connectivity index (χ1v) is 7.51. The molecule has 6 heteroatoms. The van der Waals surface area contributed by atoms with Crippen LogP contribution in [0.3, 0.4) is 0 Å². The molecule has 4 atom stereocenters. The summed E-state index contributed by atoms with van der Waals surface area (Å²) in [5.74, 6) is 0.345. The van der Waals surface area contributed by atoms with Gasteiger partial charge in [0.15, 0.2) is 0 Å². The van der Waals surface area contributed by atoms with Crippen LogP contribution in [0.2, 0.25) is 0 Å². The van der Waals surface area contributed by atoms with E-state index < -0.39 is 12.1 Å². The number of ether oxygens (including phenoxy) is 2. The quantitative estimate of drug-likeness (QED) is 0.727. The Balaban J connectivity index is 2.14. The van der Waals surface area contributed by atoms with Crippen LogP contribution in [-0.2, 0) is 14.3 Å². The van der Waals surface area contributed by atoms with Crippen LogP contribution in [0.4, 0.5) is 4.79 Å². The molecule has 0 radical (unpaired) electrons. The summed E-state index contributed by atoms with van der Waals surface area (Å²) in [7, 11) is 1.32. The number of nitriles is 1. The van der Waals surface area contributed by atoms with Crippen LogP contribution in [0.5, 0.6) is 0 Å². The van der Waals surface area contributed by atoms with Gasteiger partial charge in [0, 0.05) is 12.5 Å². The van der Waals surface area contributed by atoms with Gasteiger partial charge in [0.2, 0.25) is 0 Å². The monoisotopic (exact) mass is 294 g/mol. The highest BCUT2D eigenvalue weighted by Gasteiger charge is 2.44. The van der Waals surface area contributed by atoms with Crippen LogP contribution in [0.25, 0.3) is 0 Å². The van der Waals surface area contributed by atoms with Gasteiger partial charge in [0.05, 0.1) is 19.8 Å². The SMILES string of the molecule is CCOC(=O)[C@@H]1C[C@H]2C[C@@H](C#N)CC[C@H]2CN1C(=O)OC. The van der Waals surface area contributed by atoms with E-state index in [1.165, 1.54) is 12.0 Å². The van der Waals surface area contributed by atoms with E-state index in [0.717, 1.165) is 19.3 Å². The lowest BCUT2D eigenvalue weighted by atomic mass is 9.69. The highest BCUT2D eigenvalue weighted by atomic mass is 16.6. The van der Waals surface area contributed by atoms with Crippen molar-refractivity contribution in [1.82, 2.24) is 4.90 Å². The van der Waals surface area contributed by atoms with Crippen LogP contribution in [0, 0.1) is 29.1 Å². The minimum absolute atomic E-state index is 0.0683. The molecule has 2 aliphatic rings. The molecule has 0 aromatic carbocycles. The fourth-order valence-corrected chi connectivity index (χ4v) is 3.55. The standard InChI is InChI=1S/C15H22N2O4/c1-3-21-14(18)13-7-12-6-10(8-16)4-5-11(12)9-17(13)15(19)20-2/h10-13H,3-7,9H2,1-2H3/t10-,11-,12+,13-/m0/s1. The lowest BCUT2D eigenvalue weighted by molar-refractivity contribution is -0.152. The predicted octanol–water partition coefficient (Wildman–Crippen LogP) is 1.95. The minimum Gasteiger partial charge on any atom is -0.464 e. The molecular weight excluding hydrogens is 272 g/mol. The molecule has 1 amide bonds. The fourth-order valence-electron chi connectivity index (χ4n) is 3.55. The summed E-state index contributed by atoms with van der Waals surface area (Å²) in [5, 5.41) is 9.09.